The molecule has 0 aliphatic carbocycles. The van der Waals surface area contributed by atoms with Gasteiger partial charge in [-0.1, -0.05) is 29.8 Å². The van der Waals surface area contributed by atoms with E-state index in [1.807, 2.05) is 30.3 Å². The fraction of sp³-hybridized carbons (Fsp3) is 0.316. The molecular formula is C19H24Cl2N2O3. The number of methoxy groups -OCH3 is 2. The Morgan fingerprint density at radius 3 is 2.42 bits per heavy atom. The van der Waals surface area contributed by atoms with Crippen LogP contribution in [0.1, 0.15) is 30.5 Å². The molecule has 0 bridgehead atoms. The highest BCUT2D eigenvalue weighted by Crippen LogP contribution is 2.35. The van der Waals surface area contributed by atoms with E-state index in [-0.39, 0.29) is 30.8 Å². The summed E-state index contributed by atoms with van der Waals surface area (Å²) >= 11 is 6.37. The van der Waals surface area contributed by atoms with Crippen molar-refractivity contribution in [1.82, 2.24) is 5.32 Å². The maximum absolute atomic E-state index is 12.3. The molecule has 0 radical (unpaired) electrons. The molecule has 0 saturated heterocycles. The van der Waals surface area contributed by atoms with Crippen molar-refractivity contribution in [1.29, 1.82) is 0 Å². The third-order valence-corrected chi connectivity index (χ3v) is 4.12. The highest BCUT2D eigenvalue weighted by Gasteiger charge is 2.23. The summed E-state index contributed by atoms with van der Waals surface area (Å²) in [5.41, 5.74) is 7.31. The maximum Gasteiger partial charge on any atom is 0.222 e. The number of carbonyl (C=O) groups is 1. The lowest BCUT2D eigenvalue weighted by atomic mass is 9.97. The lowest BCUT2D eigenvalue weighted by Crippen LogP contribution is -2.33. The number of ether oxygens (including phenoxy) is 2. The summed E-state index contributed by atoms with van der Waals surface area (Å²) < 4.78 is 10.7. The van der Waals surface area contributed by atoms with Crippen molar-refractivity contribution in [3.05, 3.63) is 58.6 Å². The van der Waals surface area contributed by atoms with Gasteiger partial charge in [0, 0.05) is 29.1 Å². The monoisotopic (exact) mass is 398 g/mol. The summed E-state index contributed by atoms with van der Waals surface area (Å²) in [7, 11) is 3.16. The highest BCUT2D eigenvalue weighted by atomic mass is 35.5. The van der Waals surface area contributed by atoms with E-state index < -0.39 is 6.04 Å². The number of nitrogens with two attached hydrogens (primary N) is 1. The van der Waals surface area contributed by atoms with E-state index in [1.54, 1.807) is 33.3 Å². The number of nitrogens with one attached hydrogen (secondary N) is 1. The Bertz CT molecular complexity index is 738. The zero-order chi connectivity index (χ0) is 18.4. The zero-order valence-electron chi connectivity index (χ0n) is 15.0. The van der Waals surface area contributed by atoms with Gasteiger partial charge in [-0.3, -0.25) is 4.79 Å². The van der Waals surface area contributed by atoms with Crippen LogP contribution in [0.25, 0.3) is 0 Å². The molecule has 0 aliphatic rings. The molecule has 2 rings (SSSR count). The van der Waals surface area contributed by atoms with Crippen LogP contribution in [0.3, 0.4) is 0 Å². The highest BCUT2D eigenvalue weighted by molar-refractivity contribution is 6.31. The van der Waals surface area contributed by atoms with Crippen molar-refractivity contribution in [2.75, 3.05) is 14.2 Å². The van der Waals surface area contributed by atoms with Gasteiger partial charge in [-0.05, 0) is 30.7 Å². The van der Waals surface area contributed by atoms with Gasteiger partial charge in [0.15, 0.2) is 0 Å². The van der Waals surface area contributed by atoms with Crippen molar-refractivity contribution in [3.8, 4) is 11.5 Å². The second-order valence-corrected chi connectivity index (χ2v) is 6.22. The van der Waals surface area contributed by atoms with E-state index in [4.69, 9.17) is 26.8 Å². The molecule has 0 spiro atoms. The van der Waals surface area contributed by atoms with Crippen LogP contribution in [0.2, 0.25) is 5.02 Å². The summed E-state index contributed by atoms with van der Waals surface area (Å²) in [6, 6.07) is 12.2. The van der Waals surface area contributed by atoms with E-state index in [2.05, 4.69) is 5.32 Å². The number of hydrogen-bond acceptors (Lipinski definition) is 4. The Labute approximate surface area is 165 Å². The molecule has 26 heavy (non-hydrogen) atoms. The number of rotatable bonds is 7. The molecule has 2 atom stereocenters. The van der Waals surface area contributed by atoms with E-state index in [0.29, 0.717) is 16.5 Å². The summed E-state index contributed by atoms with van der Waals surface area (Å²) in [5.74, 6) is 1.11. The number of amides is 1. The zero-order valence-corrected chi connectivity index (χ0v) is 16.6. The maximum atomic E-state index is 12.3. The standard InChI is InChI=1S/C19H23ClN2O3.ClH/c1-12(21)10-18(23)22-19(14-6-4-5-7-16(14)20)15-9-8-13(24-2)11-17(15)25-3;/h4-9,11-12,19H,10,21H2,1-3H3,(H,22,23);1H. The van der Waals surface area contributed by atoms with Crippen LogP contribution in [0, 0.1) is 0 Å². The van der Waals surface area contributed by atoms with Crippen molar-refractivity contribution in [2.24, 2.45) is 5.73 Å². The third kappa shape index (κ3) is 5.53. The van der Waals surface area contributed by atoms with Gasteiger partial charge in [-0.15, -0.1) is 12.4 Å². The van der Waals surface area contributed by atoms with Crippen molar-refractivity contribution >= 4 is 29.9 Å². The van der Waals surface area contributed by atoms with Crippen LogP contribution >= 0.6 is 24.0 Å². The van der Waals surface area contributed by atoms with Crippen LogP contribution in [-0.4, -0.2) is 26.2 Å². The molecule has 3 N–H and O–H groups in total. The van der Waals surface area contributed by atoms with Crippen LogP contribution in [-0.2, 0) is 4.79 Å². The average molecular weight is 399 g/mol. The van der Waals surface area contributed by atoms with Crippen LogP contribution in [0.4, 0.5) is 0 Å². The molecule has 0 aliphatic heterocycles. The normalized spacial score (nSPS) is 12.5. The summed E-state index contributed by atoms with van der Waals surface area (Å²) in [5, 5.41) is 3.57. The summed E-state index contributed by atoms with van der Waals surface area (Å²) in [6.45, 7) is 1.79. The molecule has 5 nitrogen and oxygen atoms in total. The number of carbonyl (C=O) groups excluding carboxylic acids is 1. The molecule has 0 fully saturated rings. The largest absolute Gasteiger partial charge is 0.497 e. The minimum Gasteiger partial charge on any atom is -0.497 e. The molecule has 2 unspecified atom stereocenters. The first-order chi connectivity index (χ1) is 12.0. The van der Waals surface area contributed by atoms with Gasteiger partial charge in [-0.25, -0.2) is 0 Å². The number of halogens is 2. The first-order valence-corrected chi connectivity index (χ1v) is 8.35. The third-order valence-electron chi connectivity index (χ3n) is 3.78. The SMILES string of the molecule is COc1ccc(C(NC(=O)CC(C)N)c2ccccc2Cl)c(OC)c1.Cl. The van der Waals surface area contributed by atoms with Crippen LogP contribution in [0.5, 0.6) is 11.5 Å². The number of benzene rings is 2. The fourth-order valence-electron chi connectivity index (χ4n) is 2.60. The Morgan fingerprint density at radius 1 is 1.15 bits per heavy atom. The molecule has 142 valence electrons. The Kier molecular flexibility index (Phi) is 8.72. The lowest BCUT2D eigenvalue weighted by Gasteiger charge is -2.23. The number of hydrogen-bond donors (Lipinski definition) is 2. The van der Waals surface area contributed by atoms with Crippen LogP contribution < -0.4 is 20.5 Å². The Morgan fingerprint density at radius 2 is 1.85 bits per heavy atom. The van der Waals surface area contributed by atoms with Gasteiger partial charge in [-0.2, -0.15) is 0 Å². The first-order valence-electron chi connectivity index (χ1n) is 7.97. The fourth-order valence-corrected chi connectivity index (χ4v) is 2.85. The van der Waals surface area contributed by atoms with Gasteiger partial charge in [0.25, 0.3) is 0 Å². The lowest BCUT2D eigenvalue weighted by molar-refractivity contribution is -0.121. The second-order valence-electron chi connectivity index (χ2n) is 5.81. The van der Waals surface area contributed by atoms with E-state index >= 15 is 0 Å². The van der Waals surface area contributed by atoms with Gasteiger partial charge < -0.3 is 20.5 Å². The molecule has 0 aromatic heterocycles. The van der Waals surface area contributed by atoms with Gasteiger partial charge >= 0.3 is 0 Å². The average Bonchev–Trinajstić information content (AvgIpc) is 2.59. The first kappa shape index (κ1) is 22.1. The molecule has 2 aromatic carbocycles. The molecule has 0 saturated carbocycles. The van der Waals surface area contributed by atoms with Gasteiger partial charge in [0.05, 0.1) is 20.3 Å². The summed E-state index contributed by atoms with van der Waals surface area (Å²) in [6.07, 6.45) is 0.222. The molecule has 0 heterocycles. The predicted molar refractivity (Wildman–Crippen MR) is 106 cm³/mol. The van der Waals surface area contributed by atoms with E-state index in [9.17, 15) is 4.79 Å². The minimum atomic E-state index is -0.458. The predicted octanol–water partition coefficient (Wildman–Crippen LogP) is 3.72. The van der Waals surface area contributed by atoms with Gasteiger partial charge in [0.2, 0.25) is 5.91 Å². The molecule has 2 aromatic rings. The topological polar surface area (TPSA) is 73.6 Å². The smallest absolute Gasteiger partial charge is 0.222 e. The Hall–Kier alpha value is -1.95. The molecule has 1 amide bonds. The minimum absolute atomic E-state index is 0. The van der Waals surface area contributed by atoms with Gasteiger partial charge in [0.1, 0.15) is 11.5 Å². The second kappa shape index (κ2) is 10.3. The molecule has 7 heteroatoms. The van der Waals surface area contributed by atoms with Crippen molar-refractivity contribution in [2.45, 2.75) is 25.4 Å². The Balaban J connectivity index is 0.00000338. The van der Waals surface area contributed by atoms with E-state index in [0.717, 1.165) is 11.1 Å². The van der Waals surface area contributed by atoms with Crippen molar-refractivity contribution in [3.63, 3.8) is 0 Å². The van der Waals surface area contributed by atoms with E-state index in [1.165, 1.54) is 0 Å². The van der Waals surface area contributed by atoms with Crippen LogP contribution in [0.15, 0.2) is 42.5 Å². The quantitative estimate of drug-likeness (QED) is 0.744. The van der Waals surface area contributed by atoms with Crippen molar-refractivity contribution < 1.29 is 14.3 Å². The summed E-state index contributed by atoms with van der Waals surface area (Å²) in [4.78, 5) is 12.3. The molecular weight excluding hydrogens is 375 g/mol.